The zero-order valence-corrected chi connectivity index (χ0v) is 23.1. The second-order valence-corrected chi connectivity index (χ2v) is 10.7. The smallest absolute Gasteiger partial charge is 0.164 e. The van der Waals surface area contributed by atoms with Crippen molar-refractivity contribution < 1.29 is 4.42 Å². The van der Waals surface area contributed by atoms with E-state index in [2.05, 4.69) is 66.7 Å². The molecule has 198 valence electrons. The third-order valence-corrected chi connectivity index (χ3v) is 7.83. The van der Waals surface area contributed by atoms with Crippen molar-refractivity contribution >= 4 is 44.3 Å². The first-order chi connectivity index (χ1) is 20.7. The van der Waals surface area contributed by atoms with E-state index in [1.165, 1.54) is 16.3 Å². The molecule has 42 heavy (non-hydrogen) atoms. The van der Waals surface area contributed by atoms with Gasteiger partial charge in [0.15, 0.2) is 17.5 Å². The maximum atomic E-state index is 6.26. The summed E-state index contributed by atoms with van der Waals surface area (Å²) in [7, 11) is 0. The van der Waals surface area contributed by atoms with Crippen molar-refractivity contribution in [3.05, 3.63) is 138 Å². The van der Waals surface area contributed by atoms with Crippen LogP contribution in [0.15, 0.2) is 138 Å². The molecule has 2 aromatic heterocycles. The summed E-state index contributed by atoms with van der Waals surface area (Å²) in [6.07, 6.45) is 0. The van der Waals surface area contributed by atoms with Crippen LogP contribution < -0.4 is 0 Å². The molecule has 4 nitrogen and oxygen atoms in total. The Kier molecular flexibility index (Phi) is 5.80. The van der Waals surface area contributed by atoms with Gasteiger partial charge in [-0.05, 0) is 46.2 Å². The van der Waals surface area contributed by atoms with Crippen LogP contribution in [0.5, 0.6) is 0 Å². The largest absolute Gasteiger partial charge is 0.456 e. The van der Waals surface area contributed by atoms with Gasteiger partial charge in [-0.1, -0.05) is 115 Å². The number of nitrogens with zero attached hydrogens (tertiary/aromatic N) is 3. The van der Waals surface area contributed by atoms with Crippen LogP contribution in [-0.4, -0.2) is 15.0 Å². The topological polar surface area (TPSA) is 51.8 Å². The Bertz CT molecular complexity index is 2260. The van der Waals surface area contributed by atoms with Crippen molar-refractivity contribution in [1.29, 1.82) is 0 Å². The molecule has 0 aliphatic carbocycles. The van der Waals surface area contributed by atoms with Crippen LogP contribution in [-0.2, 0) is 0 Å². The van der Waals surface area contributed by atoms with Crippen molar-refractivity contribution in [3.8, 4) is 45.3 Å². The molecule has 0 N–H and O–H groups in total. The molecule has 0 fully saturated rings. The number of furan rings is 1. The molecule has 8 aromatic rings. The molecule has 5 heteroatoms. The van der Waals surface area contributed by atoms with Gasteiger partial charge in [0.05, 0.1) is 0 Å². The Labute approximate surface area is 246 Å². The summed E-state index contributed by atoms with van der Waals surface area (Å²) in [6, 6.07) is 45.0. The fraction of sp³-hybridized carbons (Fsp3) is 0. The Balaban J connectivity index is 1.28. The molecule has 8 rings (SSSR count). The fourth-order valence-corrected chi connectivity index (χ4v) is 5.67. The molecule has 0 unspecified atom stereocenters. The highest BCUT2D eigenvalue weighted by atomic mass is 35.5. The highest BCUT2D eigenvalue weighted by Crippen LogP contribution is 2.37. The molecule has 0 saturated heterocycles. The van der Waals surface area contributed by atoms with Gasteiger partial charge in [0.25, 0.3) is 0 Å². The number of hydrogen-bond acceptors (Lipinski definition) is 4. The van der Waals surface area contributed by atoms with Gasteiger partial charge in [-0.15, -0.1) is 0 Å². The third kappa shape index (κ3) is 4.30. The fourth-order valence-electron chi connectivity index (χ4n) is 5.51. The van der Waals surface area contributed by atoms with E-state index in [9.17, 15) is 0 Å². The van der Waals surface area contributed by atoms with Gasteiger partial charge in [0, 0.05) is 38.6 Å². The van der Waals surface area contributed by atoms with Gasteiger partial charge >= 0.3 is 0 Å². The lowest BCUT2D eigenvalue weighted by Gasteiger charge is -2.10. The molecule has 0 aliphatic rings. The number of aromatic nitrogens is 3. The zero-order valence-electron chi connectivity index (χ0n) is 22.3. The SMILES string of the molecule is Clc1ccc2c(c1)oc1cccc(-c3nc(-c4ccccc4)nc(-c4ccc(-c5ccc6ccccc6c5)cc4)n3)c12. The van der Waals surface area contributed by atoms with E-state index in [1.807, 2.05) is 66.7 Å². The average Bonchev–Trinajstić information content (AvgIpc) is 3.42. The standard InChI is InChI=1S/C37H22ClN3O/c38-29-19-20-30-33(22-29)42-32-12-6-11-31(34(30)32)37-40-35(25-8-2-1-3-9-25)39-36(41-37)26-16-13-24(14-17-26)28-18-15-23-7-4-5-10-27(23)21-28/h1-22H. The van der Waals surface area contributed by atoms with Crippen molar-refractivity contribution in [1.82, 2.24) is 15.0 Å². The summed E-state index contributed by atoms with van der Waals surface area (Å²) in [5, 5.41) is 4.99. The molecule has 0 saturated carbocycles. The third-order valence-electron chi connectivity index (χ3n) is 7.59. The van der Waals surface area contributed by atoms with Gasteiger partial charge < -0.3 is 4.42 Å². The van der Waals surface area contributed by atoms with Crippen molar-refractivity contribution in [3.63, 3.8) is 0 Å². The number of benzene rings is 6. The average molecular weight is 560 g/mol. The van der Waals surface area contributed by atoms with Crippen LogP contribution in [0, 0.1) is 0 Å². The lowest BCUT2D eigenvalue weighted by atomic mass is 10.00. The van der Waals surface area contributed by atoms with Gasteiger partial charge in [0.1, 0.15) is 11.2 Å². The molecule has 2 heterocycles. The van der Waals surface area contributed by atoms with Crippen LogP contribution >= 0.6 is 11.6 Å². The minimum atomic E-state index is 0.584. The molecule has 0 bridgehead atoms. The number of rotatable bonds is 4. The number of halogens is 1. The van der Waals surface area contributed by atoms with Gasteiger partial charge in [-0.2, -0.15) is 0 Å². The van der Waals surface area contributed by atoms with Crippen LogP contribution in [0.2, 0.25) is 5.02 Å². The van der Waals surface area contributed by atoms with E-state index in [4.69, 9.17) is 31.0 Å². The van der Waals surface area contributed by atoms with Crippen LogP contribution in [0.1, 0.15) is 0 Å². The highest BCUT2D eigenvalue weighted by Gasteiger charge is 2.18. The van der Waals surface area contributed by atoms with Crippen LogP contribution in [0.4, 0.5) is 0 Å². The zero-order chi connectivity index (χ0) is 28.0. The monoisotopic (exact) mass is 559 g/mol. The lowest BCUT2D eigenvalue weighted by molar-refractivity contribution is 0.669. The molecule has 6 aromatic carbocycles. The molecule has 0 spiro atoms. The molecule has 0 atom stereocenters. The first-order valence-electron chi connectivity index (χ1n) is 13.7. The summed E-state index contributed by atoms with van der Waals surface area (Å²) in [5.74, 6) is 1.81. The van der Waals surface area contributed by atoms with E-state index < -0.39 is 0 Å². The number of hydrogen-bond donors (Lipinski definition) is 0. The summed E-state index contributed by atoms with van der Waals surface area (Å²) >= 11 is 6.26. The molecule has 0 aliphatic heterocycles. The van der Waals surface area contributed by atoms with Crippen molar-refractivity contribution in [2.75, 3.05) is 0 Å². The van der Waals surface area contributed by atoms with E-state index in [0.717, 1.165) is 44.2 Å². The maximum Gasteiger partial charge on any atom is 0.164 e. The predicted octanol–water partition coefficient (Wildman–Crippen LogP) is 10.2. The minimum absolute atomic E-state index is 0.584. The second-order valence-electron chi connectivity index (χ2n) is 10.2. The first-order valence-corrected chi connectivity index (χ1v) is 14.1. The summed E-state index contributed by atoms with van der Waals surface area (Å²) in [6.45, 7) is 0. The van der Waals surface area contributed by atoms with Crippen LogP contribution in [0.25, 0.3) is 78.0 Å². The first kappa shape index (κ1) is 24.5. The highest BCUT2D eigenvalue weighted by molar-refractivity contribution is 6.31. The van der Waals surface area contributed by atoms with Gasteiger partial charge in [-0.25, -0.2) is 15.0 Å². The Morgan fingerprint density at radius 1 is 0.452 bits per heavy atom. The molecule has 0 amide bonds. The molecule has 0 radical (unpaired) electrons. The van der Waals surface area contributed by atoms with Gasteiger partial charge in [0.2, 0.25) is 0 Å². The Hall–Kier alpha value is -5.32. The quantitative estimate of drug-likeness (QED) is 0.215. The Morgan fingerprint density at radius 3 is 1.93 bits per heavy atom. The summed E-state index contributed by atoms with van der Waals surface area (Å²) in [5.41, 5.74) is 6.50. The Morgan fingerprint density at radius 2 is 1.12 bits per heavy atom. The lowest BCUT2D eigenvalue weighted by Crippen LogP contribution is -2.00. The summed E-state index contributed by atoms with van der Waals surface area (Å²) in [4.78, 5) is 14.9. The second kappa shape index (κ2) is 9.95. The maximum absolute atomic E-state index is 6.26. The minimum Gasteiger partial charge on any atom is -0.456 e. The van der Waals surface area contributed by atoms with Gasteiger partial charge in [-0.3, -0.25) is 0 Å². The van der Waals surface area contributed by atoms with E-state index >= 15 is 0 Å². The van der Waals surface area contributed by atoms with E-state index in [1.54, 1.807) is 0 Å². The molecular weight excluding hydrogens is 538 g/mol. The summed E-state index contributed by atoms with van der Waals surface area (Å²) < 4.78 is 6.15. The van der Waals surface area contributed by atoms with Crippen molar-refractivity contribution in [2.45, 2.75) is 0 Å². The predicted molar refractivity (Wildman–Crippen MR) is 171 cm³/mol. The molecular formula is C37H22ClN3O. The normalized spacial score (nSPS) is 11.5. The van der Waals surface area contributed by atoms with E-state index in [-0.39, 0.29) is 0 Å². The van der Waals surface area contributed by atoms with Crippen LogP contribution in [0.3, 0.4) is 0 Å². The van der Waals surface area contributed by atoms with E-state index in [0.29, 0.717) is 22.5 Å². The van der Waals surface area contributed by atoms with Crippen molar-refractivity contribution in [2.24, 2.45) is 0 Å². The number of fused-ring (bicyclic) bond motifs is 4.